The van der Waals surface area contributed by atoms with Crippen LogP contribution in [0.5, 0.6) is 5.75 Å². The molecule has 6 atom stereocenters. The van der Waals surface area contributed by atoms with Crippen LogP contribution in [0.2, 0.25) is 0 Å². The Kier molecular flexibility index (Phi) is 9.09. The summed E-state index contributed by atoms with van der Waals surface area (Å²) in [5.41, 5.74) is -0.548. The summed E-state index contributed by atoms with van der Waals surface area (Å²) in [6.07, 6.45) is 0.160. The van der Waals surface area contributed by atoms with Crippen LogP contribution in [-0.2, 0) is 26.5 Å². The number of aromatic nitrogens is 2. The number of aliphatic hydroxyl groups excluding tert-OH is 3. The van der Waals surface area contributed by atoms with Crippen LogP contribution in [0.3, 0.4) is 0 Å². The smallest absolute Gasteiger partial charge is 0.342 e. The number of hydrogen-bond donors (Lipinski definition) is 7. The summed E-state index contributed by atoms with van der Waals surface area (Å²) >= 11 is 5.40. The third-order valence-corrected chi connectivity index (χ3v) is 9.17. The van der Waals surface area contributed by atoms with Gasteiger partial charge in [-0.25, -0.2) is 9.55 Å². The highest BCUT2D eigenvalue weighted by molar-refractivity contribution is 6.24. The molecule has 3 aliphatic rings. The quantitative estimate of drug-likeness (QED) is 0.0952. The van der Waals surface area contributed by atoms with Crippen LogP contribution in [0.25, 0.3) is 5.76 Å². The number of benzene rings is 1. The fourth-order valence-electron chi connectivity index (χ4n) is 6.59. The molecule has 1 saturated carbocycles. The first kappa shape index (κ1) is 34.5. The zero-order valence-corrected chi connectivity index (χ0v) is 26.0. The molecular weight excluding hydrogens is 630 g/mol. The second-order valence-corrected chi connectivity index (χ2v) is 12.1. The number of amides is 1. The van der Waals surface area contributed by atoms with Crippen molar-refractivity contribution in [3.63, 3.8) is 0 Å². The van der Waals surface area contributed by atoms with E-state index in [1.807, 2.05) is 0 Å². The number of aromatic hydroxyl groups is 1. The van der Waals surface area contributed by atoms with Crippen LogP contribution in [0, 0.1) is 28.9 Å². The molecule has 46 heavy (non-hydrogen) atoms. The third kappa shape index (κ3) is 5.21. The van der Waals surface area contributed by atoms with Gasteiger partial charge in [-0.05, 0) is 44.0 Å². The number of phenols is 1. The fourth-order valence-corrected chi connectivity index (χ4v) is 6.69. The topological polar surface area (TPSA) is 263 Å². The Morgan fingerprint density at radius 3 is 2.43 bits per heavy atom. The molecule has 1 aromatic carbocycles. The molecule has 0 aliphatic heterocycles. The predicted molar refractivity (Wildman–Crippen MR) is 160 cm³/mol. The summed E-state index contributed by atoms with van der Waals surface area (Å²) in [5.74, 6) is -7.51. The van der Waals surface area contributed by atoms with E-state index < -0.39 is 86.0 Å². The molecule has 1 aromatic heterocycles. The lowest BCUT2D eigenvalue weighted by Crippen LogP contribution is -2.67. The molecule has 8 N–H and O–H groups in total. The van der Waals surface area contributed by atoms with Crippen LogP contribution >= 0.6 is 11.6 Å². The van der Waals surface area contributed by atoms with Crippen molar-refractivity contribution in [2.24, 2.45) is 17.6 Å². The van der Waals surface area contributed by atoms with E-state index in [0.29, 0.717) is 5.82 Å². The van der Waals surface area contributed by atoms with E-state index in [-0.39, 0.29) is 35.8 Å². The summed E-state index contributed by atoms with van der Waals surface area (Å²) in [6, 6.07) is 3.02. The van der Waals surface area contributed by atoms with Crippen molar-refractivity contribution >= 4 is 40.7 Å². The number of imidazole rings is 1. The highest BCUT2D eigenvalue weighted by atomic mass is 35.5. The SMILES string of the molecule is CN(C)[C@@H]1C(=O)C(C(N)=O)=C(O)[C@@]2(O)C(=O)C3=C(O)c4c(O)cccc4[C@@](C)(O)[C@H]3C[C@@H]12.Cc1ncc([N+](=O)[O-])n1CC(O)CCl. The van der Waals surface area contributed by atoms with Gasteiger partial charge in [0.05, 0.1) is 23.1 Å². The van der Waals surface area contributed by atoms with Gasteiger partial charge in [0, 0.05) is 24.3 Å². The number of nitro groups is 1. The number of carbonyl (C=O) groups is 3. The number of fused-ring (bicyclic) bond motifs is 3. The van der Waals surface area contributed by atoms with E-state index in [1.165, 1.54) is 48.7 Å². The van der Waals surface area contributed by atoms with Crippen LogP contribution in [-0.4, -0.2) is 105 Å². The average molecular weight is 664 g/mol. The van der Waals surface area contributed by atoms with E-state index >= 15 is 0 Å². The number of phenolic OH excluding ortho intramolecular Hbond substituents is 1. The summed E-state index contributed by atoms with van der Waals surface area (Å²) in [4.78, 5) is 53.8. The van der Waals surface area contributed by atoms with Gasteiger partial charge in [0.15, 0.2) is 17.2 Å². The molecule has 1 amide bonds. The van der Waals surface area contributed by atoms with Gasteiger partial charge in [-0.2, -0.15) is 0 Å². The van der Waals surface area contributed by atoms with Crippen molar-refractivity contribution in [3.8, 4) is 5.75 Å². The maximum absolute atomic E-state index is 13.7. The number of Topliss-reactive ketones (excluding diaryl/α,β-unsaturated/α-hetero) is 2. The zero-order chi connectivity index (χ0) is 34.6. The van der Waals surface area contributed by atoms with Crippen LogP contribution in [0.1, 0.15) is 30.3 Å². The molecule has 1 unspecified atom stereocenters. The van der Waals surface area contributed by atoms with Crippen molar-refractivity contribution < 1.29 is 49.9 Å². The van der Waals surface area contributed by atoms with E-state index in [4.69, 9.17) is 17.3 Å². The lowest BCUT2D eigenvalue weighted by Gasteiger charge is -2.53. The molecule has 248 valence electrons. The largest absolute Gasteiger partial charge is 0.508 e. The maximum Gasteiger partial charge on any atom is 0.342 e. The number of hydrogen-bond acceptors (Lipinski definition) is 13. The number of likely N-dealkylation sites (N-methyl/N-ethyl adjacent to an activating group) is 1. The van der Waals surface area contributed by atoms with Crippen LogP contribution < -0.4 is 5.73 Å². The normalized spacial score (nSPS) is 27.8. The van der Waals surface area contributed by atoms with E-state index in [0.717, 1.165) is 6.20 Å². The van der Waals surface area contributed by atoms with Crippen LogP contribution in [0.4, 0.5) is 5.82 Å². The summed E-state index contributed by atoms with van der Waals surface area (Å²) in [6.45, 7) is 3.12. The van der Waals surface area contributed by atoms with Crippen molar-refractivity contribution in [1.29, 1.82) is 0 Å². The third-order valence-electron chi connectivity index (χ3n) is 8.81. The lowest BCUT2D eigenvalue weighted by atomic mass is 9.54. The van der Waals surface area contributed by atoms with Gasteiger partial charge in [-0.15, -0.1) is 11.6 Å². The number of halogens is 1. The molecule has 0 saturated heterocycles. The first-order valence-electron chi connectivity index (χ1n) is 13.9. The first-order valence-corrected chi connectivity index (χ1v) is 14.5. The number of nitrogens with two attached hydrogens (primary N) is 1. The molecule has 0 radical (unpaired) electrons. The first-order chi connectivity index (χ1) is 21.3. The molecule has 0 spiro atoms. The molecule has 17 heteroatoms. The Hall–Kier alpha value is -4.35. The highest BCUT2D eigenvalue weighted by Crippen LogP contribution is 2.57. The number of alkyl halides is 1. The van der Waals surface area contributed by atoms with Gasteiger partial charge in [0.2, 0.25) is 5.78 Å². The van der Waals surface area contributed by atoms with Gasteiger partial charge < -0.3 is 46.5 Å². The monoisotopic (exact) mass is 663 g/mol. The molecule has 0 bridgehead atoms. The number of primary amides is 1. The minimum absolute atomic E-state index is 0.0365. The number of aryl methyl sites for hydroxylation is 1. The fraction of sp³-hybridized carbons (Fsp3) is 0.448. The molecule has 5 rings (SSSR count). The van der Waals surface area contributed by atoms with E-state index in [1.54, 1.807) is 6.92 Å². The van der Waals surface area contributed by atoms with Crippen molar-refractivity contribution in [3.05, 3.63) is 68.4 Å². The number of ketones is 2. The standard InChI is InChI=1S/C22H24N2O8.C7H10ClN3O3/c1-21(31)8-5-4-6-11(25)12(8)16(26)13-9(21)7-10-15(24(2)3)17(27)14(20(23)30)19(29)22(10,32)18(13)28;1-5-9-3-7(11(13)14)10(5)4-6(12)2-8/h4-6,9-10,15,25-26,29,31-32H,7H2,1-3H3,(H2,23,30);3,6,12H,2,4H2,1H3/t9-,10-,15-,21+,22-;/m0./s1. The Morgan fingerprint density at radius 1 is 1.26 bits per heavy atom. The number of rotatable bonds is 6. The highest BCUT2D eigenvalue weighted by Gasteiger charge is 2.66. The predicted octanol–water partition coefficient (Wildman–Crippen LogP) is 0.328. The number of nitrogens with zero attached hydrogens (tertiary/aromatic N) is 4. The van der Waals surface area contributed by atoms with Gasteiger partial charge in [0.1, 0.15) is 41.7 Å². The zero-order valence-electron chi connectivity index (χ0n) is 25.2. The second-order valence-electron chi connectivity index (χ2n) is 11.8. The molecule has 3 aliphatic carbocycles. The van der Waals surface area contributed by atoms with E-state index in [9.17, 15) is 55.1 Å². The summed E-state index contributed by atoms with van der Waals surface area (Å²) in [5, 5.41) is 74.7. The van der Waals surface area contributed by atoms with E-state index in [2.05, 4.69) is 4.98 Å². The van der Waals surface area contributed by atoms with Crippen molar-refractivity contribution in [1.82, 2.24) is 14.5 Å². The van der Waals surface area contributed by atoms with Crippen molar-refractivity contribution in [2.75, 3.05) is 20.0 Å². The molecule has 2 aromatic rings. The Bertz CT molecular complexity index is 1700. The molecule has 16 nitrogen and oxygen atoms in total. The minimum atomic E-state index is -2.75. The van der Waals surface area contributed by atoms with Gasteiger partial charge in [-0.1, -0.05) is 12.1 Å². The maximum atomic E-state index is 13.7. The van der Waals surface area contributed by atoms with Gasteiger partial charge >= 0.3 is 5.82 Å². The summed E-state index contributed by atoms with van der Waals surface area (Å²) in [7, 11) is 3.01. The average Bonchev–Trinajstić information content (AvgIpc) is 3.33. The Balaban J connectivity index is 0.000000288. The summed E-state index contributed by atoms with van der Waals surface area (Å²) < 4.78 is 1.33. The van der Waals surface area contributed by atoms with Crippen molar-refractivity contribution in [2.45, 2.75) is 50.2 Å². The Morgan fingerprint density at radius 2 is 1.89 bits per heavy atom. The number of carbonyl (C=O) groups excluding carboxylic acids is 3. The molecule has 1 fully saturated rings. The molecule has 1 heterocycles. The number of aliphatic hydroxyl groups is 5. The van der Waals surface area contributed by atoms with Crippen LogP contribution in [0.15, 0.2) is 41.3 Å². The van der Waals surface area contributed by atoms with Gasteiger partial charge in [0.25, 0.3) is 5.91 Å². The second kappa shape index (κ2) is 12.1. The molecular formula is C29H34ClN5O11. The lowest BCUT2D eigenvalue weighted by molar-refractivity contribution is -0.392. The van der Waals surface area contributed by atoms with Gasteiger partial charge in [-0.3, -0.25) is 19.3 Å². The minimum Gasteiger partial charge on any atom is -0.508 e. The Labute approximate surface area is 266 Å².